The predicted molar refractivity (Wildman–Crippen MR) is 120 cm³/mol. The standard InChI is InChI=1S/C17H22Cl2N6O3S2/c1-9(27-3)17(30-12-4-10(18)5-23-14(12)15(26)22-2)28-8-25(21)6-11(20)16-24-13(19)7-29-16/h4-7,9,17H,8,20-21H2,1-3H3,(H,22,26)/b11-6-/t9-,17?/m0/s1. The number of nitrogens with zero attached hydrogens (tertiary/aromatic N) is 3. The fourth-order valence-electron chi connectivity index (χ4n) is 2.12. The fraction of sp³-hybridized carbons (Fsp3) is 0.353. The van der Waals surface area contributed by atoms with E-state index in [-0.39, 0.29) is 24.4 Å². The number of nitrogens with two attached hydrogens (primary N) is 2. The first kappa shape index (κ1) is 24.7. The first-order valence-corrected chi connectivity index (χ1v) is 11.0. The average Bonchev–Trinajstić information content (AvgIpc) is 3.16. The number of carbonyl (C=O) groups excluding carboxylic acids is 1. The van der Waals surface area contributed by atoms with E-state index in [4.69, 9.17) is 44.3 Å². The van der Waals surface area contributed by atoms with Crippen LogP contribution >= 0.6 is 46.3 Å². The smallest absolute Gasteiger partial charge is 0.270 e. The molecule has 0 aliphatic rings. The number of hydrogen-bond donors (Lipinski definition) is 3. The van der Waals surface area contributed by atoms with E-state index in [0.29, 0.717) is 25.8 Å². The number of ether oxygens (including phenoxy) is 2. The van der Waals surface area contributed by atoms with Gasteiger partial charge in [-0.3, -0.25) is 9.80 Å². The third-order valence-electron chi connectivity index (χ3n) is 3.68. The van der Waals surface area contributed by atoms with Gasteiger partial charge in [0, 0.05) is 36.8 Å². The molecule has 164 valence electrons. The number of hydrogen-bond acceptors (Lipinski definition) is 10. The maximum absolute atomic E-state index is 12.1. The Morgan fingerprint density at radius 2 is 2.23 bits per heavy atom. The Balaban J connectivity index is 2.12. The van der Waals surface area contributed by atoms with E-state index in [1.54, 1.807) is 18.6 Å². The molecule has 2 rings (SSSR count). The van der Waals surface area contributed by atoms with E-state index in [0.717, 1.165) is 0 Å². The maximum atomic E-state index is 12.1. The van der Waals surface area contributed by atoms with Gasteiger partial charge in [0.15, 0.2) is 0 Å². The molecule has 0 bridgehead atoms. The first-order chi connectivity index (χ1) is 14.2. The molecule has 0 saturated heterocycles. The number of aromatic nitrogens is 2. The van der Waals surface area contributed by atoms with Crippen LogP contribution < -0.4 is 16.9 Å². The Labute approximate surface area is 192 Å². The van der Waals surface area contributed by atoms with Crippen LogP contribution in [0.2, 0.25) is 10.2 Å². The largest absolute Gasteiger partial charge is 0.395 e. The highest BCUT2D eigenvalue weighted by Gasteiger charge is 2.24. The second-order valence-electron chi connectivity index (χ2n) is 5.88. The third kappa shape index (κ3) is 6.98. The van der Waals surface area contributed by atoms with Gasteiger partial charge in [0.05, 0.1) is 16.8 Å². The second kappa shape index (κ2) is 11.7. The summed E-state index contributed by atoms with van der Waals surface area (Å²) in [4.78, 5) is 20.9. The maximum Gasteiger partial charge on any atom is 0.270 e. The zero-order chi connectivity index (χ0) is 22.3. The number of thiazole rings is 1. The van der Waals surface area contributed by atoms with Crippen molar-refractivity contribution < 1.29 is 14.3 Å². The average molecular weight is 493 g/mol. The molecule has 0 spiro atoms. The van der Waals surface area contributed by atoms with Gasteiger partial charge >= 0.3 is 0 Å². The number of carbonyl (C=O) groups is 1. The SMILES string of the molecule is CNC(=O)c1ncc(Cl)cc1SC(OCN(N)/C=C(\N)c1nc(Cl)cs1)[C@H](C)OC. The summed E-state index contributed by atoms with van der Waals surface area (Å²) in [6.45, 7) is 1.83. The molecule has 0 radical (unpaired) electrons. The highest BCUT2D eigenvalue weighted by atomic mass is 35.5. The topological polar surface area (TPSA) is 129 Å². The summed E-state index contributed by atoms with van der Waals surface area (Å²) in [6.07, 6.45) is 2.57. The summed E-state index contributed by atoms with van der Waals surface area (Å²) in [7, 11) is 3.08. The highest BCUT2D eigenvalue weighted by Crippen LogP contribution is 2.31. The number of thioether (sulfide) groups is 1. The first-order valence-electron chi connectivity index (χ1n) is 8.53. The van der Waals surface area contributed by atoms with Gasteiger partial charge in [0.2, 0.25) is 0 Å². The molecule has 0 aromatic carbocycles. The van der Waals surface area contributed by atoms with E-state index >= 15 is 0 Å². The Morgan fingerprint density at radius 3 is 2.83 bits per heavy atom. The van der Waals surface area contributed by atoms with Crippen LogP contribution in [-0.4, -0.2) is 53.3 Å². The van der Waals surface area contributed by atoms with Crippen LogP contribution in [0.4, 0.5) is 0 Å². The van der Waals surface area contributed by atoms with Crippen molar-refractivity contribution in [1.29, 1.82) is 0 Å². The van der Waals surface area contributed by atoms with Gasteiger partial charge in [-0.05, 0) is 13.0 Å². The molecule has 30 heavy (non-hydrogen) atoms. The molecule has 13 heteroatoms. The lowest BCUT2D eigenvalue weighted by atomic mass is 10.3. The quantitative estimate of drug-likeness (QED) is 0.198. The Bertz CT molecular complexity index is 898. The Hall–Kier alpha value is -1.60. The number of pyridine rings is 1. The Kier molecular flexibility index (Phi) is 9.62. The Morgan fingerprint density at radius 1 is 1.50 bits per heavy atom. The number of halogens is 2. The predicted octanol–water partition coefficient (Wildman–Crippen LogP) is 2.76. The van der Waals surface area contributed by atoms with Crippen LogP contribution in [0.3, 0.4) is 0 Å². The molecule has 0 fully saturated rings. The molecule has 2 heterocycles. The van der Waals surface area contributed by atoms with Crippen molar-refractivity contribution in [2.75, 3.05) is 20.9 Å². The molecule has 0 saturated carbocycles. The molecule has 1 amide bonds. The van der Waals surface area contributed by atoms with Crippen molar-refractivity contribution >= 4 is 57.9 Å². The van der Waals surface area contributed by atoms with Gasteiger partial charge in [-0.1, -0.05) is 35.0 Å². The number of nitrogens with one attached hydrogen (secondary N) is 1. The monoisotopic (exact) mass is 492 g/mol. The van der Waals surface area contributed by atoms with Crippen LogP contribution in [0.25, 0.3) is 5.70 Å². The normalized spacial score (nSPS) is 13.7. The van der Waals surface area contributed by atoms with Gasteiger partial charge in [0.25, 0.3) is 5.91 Å². The lowest BCUT2D eigenvalue weighted by Gasteiger charge is -2.25. The zero-order valence-electron chi connectivity index (χ0n) is 16.5. The van der Waals surface area contributed by atoms with Crippen molar-refractivity contribution in [3.63, 3.8) is 0 Å². The number of rotatable bonds is 10. The molecule has 2 aromatic rings. The van der Waals surface area contributed by atoms with E-state index in [1.807, 2.05) is 6.92 Å². The number of amides is 1. The number of methoxy groups -OCH3 is 1. The molecule has 9 nitrogen and oxygen atoms in total. The molecule has 0 aliphatic heterocycles. The van der Waals surface area contributed by atoms with E-state index in [2.05, 4.69) is 15.3 Å². The van der Waals surface area contributed by atoms with E-state index < -0.39 is 5.44 Å². The van der Waals surface area contributed by atoms with Crippen LogP contribution in [0, 0.1) is 0 Å². The zero-order valence-corrected chi connectivity index (χ0v) is 19.6. The summed E-state index contributed by atoms with van der Waals surface area (Å²) in [5.41, 5.74) is 6.05. The van der Waals surface area contributed by atoms with Crippen molar-refractivity contribution in [3.05, 3.63) is 44.7 Å². The minimum atomic E-state index is -0.520. The number of hydrazine groups is 1. The summed E-state index contributed by atoms with van der Waals surface area (Å²) in [5.74, 6) is 5.64. The van der Waals surface area contributed by atoms with Gasteiger partial charge < -0.3 is 20.5 Å². The highest BCUT2D eigenvalue weighted by molar-refractivity contribution is 8.00. The molecular weight excluding hydrogens is 471 g/mol. The van der Waals surface area contributed by atoms with Gasteiger partial charge in [0.1, 0.15) is 28.0 Å². The van der Waals surface area contributed by atoms with Crippen LogP contribution in [0.1, 0.15) is 22.4 Å². The van der Waals surface area contributed by atoms with Crippen molar-refractivity contribution in [3.8, 4) is 0 Å². The molecule has 2 atom stereocenters. The summed E-state index contributed by atoms with van der Waals surface area (Å²) in [6, 6.07) is 1.65. The van der Waals surface area contributed by atoms with Crippen molar-refractivity contribution in [1.82, 2.24) is 20.3 Å². The molecule has 5 N–H and O–H groups in total. The molecular formula is C17H22Cl2N6O3S2. The van der Waals surface area contributed by atoms with E-state index in [1.165, 1.54) is 47.6 Å². The van der Waals surface area contributed by atoms with Crippen LogP contribution in [0.5, 0.6) is 0 Å². The molecule has 1 unspecified atom stereocenters. The second-order valence-corrected chi connectivity index (χ2v) is 8.70. The fourth-order valence-corrected chi connectivity index (χ4v) is 4.34. The lowest BCUT2D eigenvalue weighted by Crippen LogP contribution is -2.34. The summed E-state index contributed by atoms with van der Waals surface area (Å²) >= 11 is 14.4. The molecule has 0 aliphatic carbocycles. The molecule has 2 aromatic heterocycles. The third-order valence-corrected chi connectivity index (χ3v) is 6.41. The van der Waals surface area contributed by atoms with Gasteiger partial charge in [-0.25, -0.2) is 15.8 Å². The van der Waals surface area contributed by atoms with Gasteiger partial charge in [-0.2, -0.15) is 0 Å². The minimum Gasteiger partial charge on any atom is -0.395 e. The minimum absolute atomic E-state index is 0.00548. The lowest BCUT2D eigenvalue weighted by molar-refractivity contribution is -0.0330. The van der Waals surface area contributed by atoms with Gasteiger partial charge in [-0.15, -0.1) is 11.3 Å². The van der Waals surface area contributed by atoms with Crippen LogP contribution in [-0.2, 0) is 9.47 Å². The summed E-state index contributed by atoms with van der Waals surface area (Å²) in [5, 5.41) is 6.80. The van der Waals surface area contributed by atoms with Crippen LogP contribution in [0.15, 0.2) is 28.7 Å². The van der Waals surface area contributed by atoms with Crippen molar-refractivity contribution in [2.45, 2.75) is 23.4 Å². The van der Waals surface area contributed by atoms with E-state index in [9.17, 15) is 4.79 Å². The summed E-state index contributed by atoms with van der Waals surface area (Å²) < 4.78 is 11.3. The van der Waals surface area contributed by atoms with Crippen molar-refractivity contribution in [2.24, 2.45) is 11.6 Å².